The second-order valence-electron chi connectivity index (χ2n) is 5.97. The van der Waals surface area contributed by atoms with Crippen LogP contribution in [0.3, 0.4) is 0 Å². The smallest absolute Gasteiger partial charge is 0.260 e. The monoisotopic (exact) mass is 322 g/mol. The van der Waals surface area contributed by atoms with Crippen molar-refractivity contribution in [2.45, 2.75) is 18.9 Å². The zero-order valence-electron chi connectivity index (χ0n) is 13.4. The van der Waals surface area contributed by atoms with Gasteiger partial charge < -0.3 is 9.64 Å². The maximum atomic E-state index is 12.2. The molecule has 1 aliphatic carbocycles. The highest BCUT2D eigenvalue weighted by Crippen LogP contribution is 2.26. The number of benzene rings is 1. The minimum atomic E-state index is -0.0177. The fourth-order valence-electron chi connectivity index (χ4n) is 2.65. The predicted molar refractivity (Wildman–Crippen MR) is 89.7 cm³/mol. The van der Waals surface area contributed by atoms with Crippen LogP contribution in [0.4, 0.5) is 0 Å². The Morgan fingerprint density at radius 2 is 2.08 bits per heavy atom. The van der Waals surface area contributed by atoms with E-state index in [9.17, 15) is 4.79 Å². The van der Waals surface area contributed by atoms with Gasteiger partial charge in [-0.3, -0.25) is 4.79 Å². The van der Waals surface area contributed by atoms with Crippen LogP contribution < -0.4 is 4.74 Å². The highest BCUT2D eigenvalue weighted by atomic mass is 16.5. The lowest BCUT2D eigenvalue weighted by Crippen LogP contribution is -2.33. The van der Waals surface area contributed by atoms with E-state index in [1.54, 1.807) is 15.6 Å². The van der Waals surface area contributed by atoms with Gasteiger partial charge in [0.05, 0.1) is 11.9 Å². The number of aromatic nitrogens is 3. The zero-order chi connectivity index (χ0) is 16.5. The Morgan fingerprint density at radius 3 is 2.83 bits per heavy atom. The number of nitrogens with zero attached hydrogens (tertiary/aromatic N) is 4. The van der Waals surface area contributed by atoms with Crippen LogP contribution in [0.1, 0.15) is 12.8 Å². The molecule has 0 unspecified atom stereocenters. The number of likely N-dealkylation sites (N-methyl/N-ethyl adjacent to an activating group) is 1. The normalized spacial score (nSPS) is 13.9. The number of carbonyl (C=O) groups is 1. The van der Waals surface area contributed by atoms with E-state index in [-0.39, 0.29) is 12.5 Å². The average molecular weight is 322 g/mol. The van der Waals surface area contributed by atoms with Crippen molar-refractivity contribution in [3.63, 3.8) is 0 Å². The highest BCUT2D eigenvalue weighted by molar-refractivity contribution is 5.78. The minimum Gasteiger partial charge on any atom is -0.467 e. The van der Waals surface area contributed by atoms with Gasteiger partial charge in [-0.1, -0.05) is 30.3 Å². The Hall–Kier alpha value is -2.89. The van der Waals surface area contributed by atoms with Crippen molar-refractivity contribution in [2.24, 2.45) is 0 Å². The van der Waals surface area contributed by atoms with Crippen molar-refractivity contribution in [2.75, 3.05) is 13.7 Å². The first-order valence-electron chi connectivity index (χ1n) is 8.01. The fraction of sp³-hybridized carbons (Fsp3) is 0.278. The molecule has 6 nitrogen and oxygen atoms in total. The Kier molecular flexibility index (Phi) is 3.65. The molecule has 1 aromatic carbocycles. The van der Waals surface area contributed by atoms with E-state index >= 15 is 0 Å². The van der Waals surface area contributed by atoms with Crippen LogP contribution in [-0.2, 0) is 4.79 Å². The van der Waals surface area contributed by atoms with E-state index in [4.69, 9.17) is 4.74 Å². The number of fused-ring (bicyclic) bond motifs is 1. The fourth-order valence-corrected chi connectivity index (χ4v) is 2.65. The van der Waals surface area contributed by atoms with Crippen LogP contribution in [-0.4, -0.2) is 45.1 Å². The molecule has 0 spiro atoms. The van der Waals surface area contributed by atoms with Gasteiger partial charge in [-0.15, -0.1) is 0 Å². The number of ether oxygens (including phenoxy) is 1. The topological polar surface area (TPSA) is 59.7 Å². The van der Waals surface area contributed by atoms with Crippen molar-refractivity contribution in [3.8, 4) is 17.1 Å². The summed E-state index contributed by atoms with van der Waals surface area (Å²) in [5.41, 5.74) is 2.48. The molecule has 0 saturated heterocycles. The summed E-state index contributed by atoms with van der Waals surface area (Å²) < 4.78 is 7.38. The van der Waals surface area contributed by atoms with Crippen molar-refractivity contribution in [1.82, 2.24) is 19.5 Å². The molecular formula is C18H18N4O2. The SMILES string of the molecule is CN(C(=O)COc1cc(-c2ccccc2)nc2ccnn12)C1CC1. The molecule has 1 fully saturated rings. The summed E-state index contributed by atoms with van der Waals surface area (Å²) >= 11 is 0. The molecule has 122 valence electrons. The van der Waals surface area contributed by atoms with E-state index in [1.807, 2.05) is 49.5 Å². The predicted octanol–water partition coefficient (Wildman–Crippen LogP) is 2.40. The Labute approximate surface area is 139 Å². The Morgan fingerprint density at radius 1 is 1.29 bits per heavy atom. The van der Waals surface area contributed by atoms with Crippen LogP contribution in [0.5, 0.6) is 5.88 Å². The number of amides is 1. The molecule has 0 aliphatic heterocycles. The van der Waals surface area contributed by atoms with Crippen LogP contribution in [0.25, 0.3) is 16.9 Å². The van der Waals surface area contributed by atoms with Crippen molar-refractivity contribution in [1.29, 1.82) is 0 Å². The van der Waals surface area contributed by atoms with E-state index in [2.05, 4.69) is 10.1 Å². The number of hydrogen-bond acceptors (Lipinski definition) is 4. The summed E-state index contributed by atoms with van der Waals surface area (Å²) in [6, 6.07) is 13.9. The van der Waals surface area contributed by atoms with Gasteiger partial charge in [0.15, 0.2) is 12.3 Å². The summed E-state index contributed by atoms with van der Waals surface area (Å²) in [5, 5.41) is 4.23. The van der Waals surface area contributed by atoms with E-state index < -0.39 is 0 Å². The molecule has 0 atom stereocenters. The van der Waals surface area contributed by atoms with Crippen LogP contribution >= 0.6 is 0 Å². The van der Waals surface area contributed by atoms with Gasteiger partial charge in [-0.25, -0.2) is 4.98 Å². The first-order valence-corrected chi connectivity index (χ1v) is 8.01. The number of hydrogen-bond donors (Lipinski definition) is 0. The summed E-state index contributed by atoms with van der Waals surface area (Å²) in [7, 11) is 1.83. The molecule has 1 saturated carbocycles. The lowest BCUT2D eigenvalue weighted by Gasteiger charge is -2.17. The zero-order valence-corrected chi connectivity index (χ0v) is 13.4. The average Bonchev–Trinajstić information content (AvgIpc) is 3.36. The maximum Gasteiger partial charge on any atom is 0.260 e. The lowest BCUT2D eigenvalue weighted by molar-refractivity contribution is -0.132. The van der Waals surface area contributed by atoms with Gasteiger partial charge in [0.25, 0.3) is 5.91 Å². The van der Waals surface area contributed by atoms with Gasteiger partial charge in [0.2, 0.25) is 5.88 Å². The maximum absolute atomic E-state index is 12.2. The van der Waals surface area contributed by atoms with Gasteiger partial charge >= 0.3 is 0 Å². The quantitative estimate of drug-likeness (QED) is 0.724. The standard InChI is InChI=1S/C18H18N4O2/c1-21(14-7-8-14)17(23)12-24-18-11-15(13-5-3-2-4-6-13)20-16-9-10-19-22(16)18/h2-6,9-11,14H,7-8,12H2,1H3. The second kappa shape index (κ2) is 5.96. The van der Waals surface area contributed by atoms with Crippen molar-refractivity contribution >= 4 is 11.6 Å². The molecule has 0 bridgehead atoms. The van der Waals surface area contributed by atoms with E-state index in [0.717, 1.165) is 24.1 Å². The molecule has 6 heteroatoms. The molecule has 4 rings (SSSR count). The molecule has 1 amide bonds. The minimum absolute atomic E-state index is 0.000201. The van der Waals surface area contributed by atoms with Crippen molar-refractivity contribution in [3.05, 3.63) is 48.7 Å². The second-order valence-corrected chi connectivity index (χ2v) is 5.97. The van der Waals surface area contributed by atoms with Gasteiger partial charge in [-0.2, -0.15) is 9.61 Å². The first kappa shape index (κ1) is 14.7. The summed E-state index contributed by atoms with van der Waals surface area (Å²) in [6.45, 7) is 0.000201. The van der Waals surface area contributed by atoms with Crippen LogP contribution in [0, 0.1) is 0 Å². The highest BCUT2D eigenvalue weighted by Gasteiger charge is 2.29. The summed E-state index contributed by atoms with van der Waals surface area (Å²) in [4.78, 5) is 18.5. The van der Waals surface area contributed by atoms with Crippen LogP contribution in [0.2, 0.25) is 0 Å². The summed E-state index contributed by atoms with van der Waals surface area (Å²) in [5.74, 6) is 0.497. The first-order chi connectivity index (χ1) is 11.7. The third kappa shape index (κ3) is 2.82. The van der Waals surface area contributed by atoms with E-state index in [0.29, 0.717) is 17.6 Å². The Bertz CT molecular complexity index is 871. The molecule has 0 N–H and O–H groups in total. The van der Waals surface area contributed by atoms with Gasteiger partial charge in [0.1, 0.15) is 0 Å². The van der Waals surface area contributed by atoms with Gasteiger partial charge in [0, 0.05) is 30.8 Å². The third-order valence-corrected chi connectivity index (χ3v) is 4.23. The van der Waals surface area contributed by atoms with Gasteiger partial charge in [-0.05, 0) is 12.8 Å². The Balaban J connectivity index is 1.61. The van der Waals surface area contributed by atoms with Crippen molar-refractivity contribution < 1.29 is 9.53 Å². The molecule has 2 aromatic heterocycles. The number of carbonyl (C=O) groups excluding carboxylic acids is 1. The van der Waals surface area contributed by atoms with Crippen LogP contribution in [0.15, 0.2) is 48.7 Å². The molecule has 3 aromatic rings. The van der Waals surface area contributed by atoms with E-state index in [1.165, 1.54) is 0 Å². The third-order valence-electron chi connectivity index (χ3n) is 4.23. The molecule has 24 heavy (non-hydrogen) atoms. The molecule has 2 heterocycles. The lowest BCUT2D eigenvalue weighted by atomic mass is 10.1. The molecule has 1 aliphatic rings. The molecular weight excluding hydrogens is 304 g/mol. The number of rotatable bonds is 5. The summed E-state index contributed by atoms with van der Waals surface area (Å²) in [6.07, 6.45) is 3.83. The molecule has 0 radical (unpaired) electrons. The largest absolute Gasteiger partial charge is 0.467 e.